The third-order valence-corrected chi connectivity index (χ3v) is 3.79. The summed E-state index contributed by atoms with van der Waals surface area (Å²) in [5.41, 5.74) is 0.473. The van der Waals surface area contributed by atoms with E-state index in [1.54, 1.807) is 18.2 Å². The summed E-state index contributed by atoms with van der Waals surface area (Å²) in [4.78, 5) is 11.7. The number of amides is 1. The van der Waals surface area contributed by atoms with Crippen LogP contribution in [-0.4, -0.2) is 20.7 Å². The van der Waals surface area contributed by atoms with E-state index in [0.29, 0.717) is 15.7 Å². The van der Waals surface area contributed by atoms with Crippen LogP contribution in [0, 0.1) is 3.57 Å². The van der Waals surface area contributed by atoms with E-state index in [1.807, 2.05) is 0 Å². The smallest absolute Gasteiger partial charge is 0.257 e. The maximum Gasteiger partial charge on any atom is 0.257 e. The van der Waals surface area contributed by atoms with Gasteiger partial charge in [0.2, 0.25) is 5.13 Å². The molecule has 1 aromatic heterocycles. The molecule has 8 heteroatoms. The number of benzene rings is 1. The van der Waals surface area contributed by atoms with Crippen molar-refractivity contribution in [2.45, 2.75) is 0 Å². The standard InChI is InChI=1S/C8H4ClIN4OS/c9-5-3-4(1-2-6(5)10)7(15)11-8-12-13-14-16-8/h1-3H,(H,11,12,14,15). The molecule has 1 aromatic carbocycles. The average molecular weight is 367 g/mol. The van der Waals surface area contributed by atoms with Crippen molar-refractivity contribution in [1.82, 2.24) is 14.8 Å². The van der Waals surface area contributed by atoms with Crippen LogP contribution in [0.4, 0.5) is 5.13 Å². The lowest BCUT2D eigenvalue weighted by molar-refractivity contribution is 0.102. The third kappa shape index (κ3) is 2.66. The van der Waals surface area contributed by atoms with E-state index in [9.17, 15) is 4.79 Å². The maximum atomic E-state index is 11.7. The zero-order valence-corrected chi connectivity index (χ0v) is 11.4. The van der Waals surface area contributed by atoms with Crippen LogP contribution in [-0.2, 0) is 0 Å². The molecule has 0 fully saturated rings. The van der Waals surface area contributed by atoms with Gasteiger partial charge >= 0.3 is 0 Å². The van der Waals surface area contributed by atoms with Gasteiger partial charge in [-0.2, -0.15) is 0 Å². The van der Waals surface area contributed by atoms with E-state index in [2.05, 4.69) is 42.7 Å². The minimum atomic E-state index is -0.281. The Morgan fingerprint density at radius 2 is 2.31 bits per heavy atom. The Bertz CT molecular complexity index is 519. The lowest BCUT2D eigenvalue weighted by Gasteiger charge is -2.02. The van der Waals surface area contributed by atoms with Gasteiger partial charge in [-0.25, -0.2) is 0 Å². The molecule has 0 atom stereocenters. The van der Waals surface area contributed by atoms with E-state index in [0.717, 1.165) is 15.1 Å². The fourth-order valence-corrected chi connectivity index (χ4v) is 1.87. The molecule has 1 amide bonds. The highest BCUT2D eigenvalue weighted by molar-refractivity contribution is 14.1. The van der Waals surface area contributed by atoms with Crippen molar-refractivity contribution >= 4 is 56.8 Å². The molecule has 0 saturated carbocycles. The van der Waals surface area contributed by atoms with Crippen molar-refractivity contribution in [2.24, 2.45) is 0 Å². The number of nitrogens with zero attached hydrogens (tertiary/aromatic N) is 3. The first-order chi connectivity index (χ1) is 7.66. The van der Waals surface area contributed by atoms with Crippen molar-refractivity contribution < 1.29 is 4.79 Å². The molecule has 0 bridgehead atoms. The Hall–Kier alpha value is -0.800. The molecular formula is C8H4ClIN4OS. The van der Waals surface area contributed by atoms with Crippen LogP contribution in [0.5, 0.6) is 0 Å². The van der Waals surface area contributed by atoms with Gasteiger partial charge in [0.25, 0.3) is 5.91 Å². The Morgan fingerprint density at radius 1 is 1.50 bits per heavy atom. The highest BCUT2D eigenvalue weighted by atomic mass is 127. The first kappa shape index (κ1) is 11.7. The zero-order valence-electron chi connectivity index (χ0n) is 7.65. The topological polar surface area (TPSA) is 67.8 Å². The van der Waals surface area contributed by atoms with Crippen molar-refractivity contribution in [2.75, 3.05) is 5.32 Å². The number of aromatic nitrogens is 3. The van der Waals surface area contributed by atoms with Gasteiger partial charge < -0.3 is 0 Å². The van der Waals surface area contributed by atoms with Crippen molar-refractivity contribution in [3.63, 3.8) is 0 Å². The summed E-state index contributed by atoms with van der Waals surface area (Å²) < 4.78 is 4.44. The fraction of sp³-hybridized carbons (Fsp3) is 0. The number of hydrogen-bond donors (Lipinski definition) is 1. The SMILES string of the molecule is O=C(Nc1nnns1)c1ccc(I)c(Cl)c1. The summed E-state index contributed by atoms with van der Waals surface area (Å²) in [6.07, 6.45) is 0. The summed E-state index contributed by atoms with van der Waals surface area (Å²) >= 11 is 9.02. The minimum Gasteiger partial charge on any atom is -0.295 e. The molecule has 16 heavy (non-hydrogen) atoms. The first-order valence-corrected chi connectivity index (χ1v) is 6.31. The average Bonchev–Trinajstić information content (AvgIpc) is 2.74. The van der Waals surface area contributed by atoms with Gasteiger partial charge in [-0.3, -0.25) is 10.1 Å². The largest absolute Gasteiger partial charge is 0.295 e. The Kier molecular flexibility index (Phi) is 3.66. The van der Waals surface area contributed by atoms with Gasteiger partial charge in [0.05, 0.1) is 5.02 Å². The number of carbonyl (C=O) groups excluding carboxylic acids is 1. The number of halogens is 2. The van der Waals surface area contributed by atoms with Crippen LogP contribution in [0.3, 0.4) is 0 Å². The number of anilines is 1. The third-order valence-electron chi connectivity index (χ3n) is 1.70. The molecule has 2 aromatic rings. The molecule has 82 valence electrons. The van der Waals surface area contributed by atoms with E-state index < -0.39 is 0 Å². The quantitative estimate of drug-likeness (QED) is 0.829. The normalized spacial score (nSPS) is 10.1. The first-order valence-electron chi connectivity index (χ1n) is 4.08. The number of hydrogen-bond acceptors (Lipinski definition) is 5. The monoisotopic (exact) mass is 366 g/mol. The Morgan fingerprint density at radius 3 is 2.94 bits per heavy atom. The van der Waals surface area contributed by atoms with Crippen molar-refractivity contribution in [1.29, 1.82) is 0 Å². The summed E-state index contributed by atoms with van der Waals surface area (Å²) in [5.74, 6) is -0.281. The Labute approximate surface area is 114 Å². The Balaban J connectivity index is 2.18. The van der Waals surface area contributed by atoms with E-state index >= 15 is 0 Å². The van der Waals surface area contributed by atoms with E-state index in [4.69, 9.17) is 11.6 Å². The molecule has 0 aliphatic heterocycles. The summed E-state index contributed by atoms with van der Waals surface area (Å²) in [6, 6.07) is 5.07. The maximum absolute atomic E-state index is 11.7. The lowest BCUT2D eigenvalue weighted by atomic mass is 10.2. The second-order valence-corrected chi connectivity index (χ2v) is 5.05. The molecular weight excluding hydrogens is 363 g/mol. The molecule has 2 rings (SSSR count). The molecule has 0 saturated heterocycles. The second-order valence-electron chi connectivity index (χ2n) is 2.75. The highest BCUT2D eigenvalue weighted by Crippen LogP contribution is 2.20. The van der Waals surface area contributed by atoms with Gasteiger partial charge in [-0.15, -0.1) is 0 Å². The summed E-state index contributed by atoms with van der Waals surface area (Å²) in [6.45, 7) is 0. The van der Waals surface area contributed by atoms with Crippen LogP contribution in [0.1, 0.15) is 10.4 Å². The molecule has 0 unspecified atom stereocenters. The number of rotatable bonds is 2. The number of carbonyl (C=O) groups is 1. The van der Waals surface area contributed by atoms with Crippen LogP contribution in [0.25, 0.3) is 0 Å². The van der Waals surface area contributed by atoms with Gasteiger partial charge in [0, 0.05) is 20.7 Å². The van der Waals surface area contributed by atoms with Crippen molar-refractivity contribution in [3.05, 3.63) is 32.4 Å². The molecule has 0 spiro atoms. The fourth-order valence-electron chi connectivity index (χ4n) is 0.989. The van der Waals surface area contributed by atoms with Crippen LogP contribution in [0.2, 0.25) is 5.02 Å². The van der Waals surface area contributed by atoms with Crippen LogP contribution in [0.15, 0.2) is 18.2 Å². The molecule has 5 nitrogen and oxygen atoms in total. The van der Waals surface area contributed by atoms with E-state index in [-0.39, 0.29) is 5.91 Å². The predicted molar refractivity (Wildman–Crippen MR) is 69.8 cm³/mol. The van der Waals surface area contributed by atoms with Gasteiger partial charge in [0.15, 0.2) is 0 Å². The number of nitrogens with one attached hydrogen (secondary N) is 1. The molecule has 1 N–H and O–H groups in total. The highest BCUT2D eigenvalue weighted by Gasteiger charge is 2.09. The minimum absolute atomic E-state index is 0.281. The molecule has 0 aliphatic rings. The van der Waals surface area contributed by atoms with Gasteiger partial charge in [-0.1, -0.05) is 21.2 Å². The van der Waals surface area contributed by atoms with Gasteiger partial charge in [-0.05, 0) is 46.0 Å². The molecule has 0 aliphatic carbocycles. The van der Waals surface area contributed by atoms with Gasteiger partial charge in [0.1, 0.15) is 0 Å². The second kappa shape index (κ2) is 5.02. The summed E-state index contributed by atoms with van der Waals surface area (Å²) in [7, 11) is 0. The summed E-state index contributed by atoms with van der Waals surface area (Å²) in [5, 5.41) is 10.5. The van der Waals surface area contributed by atoms with E-state index in [1.165, 1.54) is 0 Å². The molecule has 1 heterocycles. The van der Waals surface area contributed by atoms with Crippen LogP contribution >= 0.6 is 45.7 Å². The lowest BCUT2D eigenvalue weighted by Crippen LogP contribution is -2.11. The molecule has 0 radical (unpaired) electrons. The van der Waals surface area contributed by atoms with Crippen LogP contribution < -0.4 is 5.32 Å². The zero-order chi connectivity index (χ0) is 11.5. The predicted octanol–water partition coefficient (Wildman–Crippen LogP) is 2.44. The van der Waals surface area contributed by atoms with Crippen molar-refractivity contribution in [3.8, 4) is 0 Å².